The molecule has 0 fully saturated rings. The topological polar surface area (TPSA) is 126 Å². The minimum atomic E-state index is -3.70. The zero-order valence-electron chi connectivity index (χ0n) is 19.5. The summed E-state index contributed by atoms with van der Waals surface area (Å²) >= 11 is 0. The van der Waals surface area contributed by atoms with Crippen LogP contribution in [0.25, 0.3) is 0 Å². The summed E-state index contributed by atoms with van der Waals surface area (Å²) in [5.74, 6) is -1.14. The summed E-state index contributed by atoms with van der Waals surface area (Å²) in [6, 6.07) is 12.5. The molecule has 1 aliphatic rings. The number of hydrogen-bond acceptors (Lipinski definition) is 7. The summed E-state index contributed by atoms with van der Waals surface area (Å²) in [6.45, 7) is 7.19. The highest BCUT2D eigenvalue weighted by atomic mass is 32.2. The number of hydrogen-bond donors (Lipinski definition) is 3. The van der Waals surface area contributed by atoms with E-state index in [0.29, 0.717) is 23.5 Å². The number of nitrogens with one attached hydrogen (secondary N) is 3. The van der Waals surface area contributed by atoms with E-state index in [4.69, 9.17) is 4.74 Å². The smallest absolute Gasteiger partial charge is 0.343 e. The van der Waals surface area contributed by atoms with Crippen molar-refractivity contribution < 1.29 is 22.7 Å². The summed E-state index contributed by atoms with van der Waals surface area (Å²) in [4.78, 5) is 30.2. The highest BCUT2D eigenvalue weighted by Crippen LogP contribution is 2.30. The van der Waals surface area contributed by atoms with Gasteiger partial charge in [0.05, 0.1) is 22.9 Å². The molecular formula is C24H28N4O5S. The fraction of sp³-hybridized carbons (Fsp3) is 0.292. The molecule has 1 amide bonds. The number of esters is 1. The van der Waals surface area contributed by atoms with Crippen molar-refractivity contribution >= 4 is 39.1 Å². The van der Waals surface area contributed by atoms with Crippen LogP contribution in [-0.4, -0.2) is 38.8 Å². The minimum absolute atomic E-state index is 0.0357. The zero-order valence-corrected chi connectivity index (χ0v) is 20.3. The summed E-state index contributed by atoms with van der Waals surface area (Å²) in [5.41, 5.74) is 1.99. The molecule has 9 nitrogen and oxygen atoms in total. The molecule has 2 aromatic rings. The first kappa shape index (κ1) is 25.1. The maximum absolute atomic E-state index is 13.0. The van der Waals surface area contributed by atoms with E-state index in [9.17, 15) is 18.0 Å². The van der Waals surface area contributed by atoms with Gasteiger partial charge in [0.2, 0.25) is 10.0 Å². The van der Waals surface area contributed by atoms with Crippen molar-refractivity contribution in [1.82, 2.24) is 10.0 Å². The lowest BCUT2D eigenvalue weighted by molar-refractivity contribution is -0.137. The molecule has 0 saturated heterocycles. The second kappa shape index (κ2) is 10.6. The summed E-state index contributed by atoms with van der Waals surface area (Å²) in [7, 11) is -3.70. The lowest BCUT2D eigenvalue weighted by Gasteiger charge is -2.14. The Bertz CT molecular complexity index is 1250. The molecular weight excluding hydrogens is 456 g/mol. The van der Waals surface area contributed by atoms with Crippen LogP contribution in [0, 0.1) is 0 Å². The number of rotatable bonds is 7. The maximum Gasteiger partial charge on any atom is 0.343 e. The first-order valence-electron chi connectivity index (χ1n) is 10.9. The van der Waals surface area contributed by atoms with E-state index in [1.54, 1.807) is 32.9 Å². The monoisotopic (exact) mass is 484 g/mol. The number of carbonyl (C=O) groups is 2. The van der Waals surface area contributed by atoms with E-state index in [0.717, 1.165) is 0 Å². The van der Waals surface area contributed by atoms with E-state index in [2.05, 4.69) is 20.3 Å². The highest BCUT2D eigenvalue weighted by Gasteiger charge is 2.26. The number of nitrogens with zero attached hydrogens (tertiary/aromatic N) is 1. The quantitative estimate of drug-likeness (QED) is 0.517. The van der Waals surface area contributed by atoms with E-state index < -0.39 is 21.9 Å². The number of fused-ring (bicyclic) bond motifs is 1. The Hall–Kier alpha value is -3.50. The summed E-state index contributed by atoms with van der Waals surface area (Å²) in [6.07, 6.45) is 0.648. The number of aliphatic imine (C=N–C) groups is 1. The number of para-hydroxylation sites is 2. The Balaban J connectivity index is 1.91. The first-order chi connectivity index (χ1) is 16.2. The van der Waals surface area contributed by atoms with Gasteiger partial charge in [-0.2, -0.15) is 0 Å². The molecule has 0 aliphatic carbocycles. The molecule has 0 saturated carbocycles. The van der Waals surface area contributed by atoms with Crippen molar-refractivity contribution in [3.05, 3.63) is 65.4 Å². The molecule has 1 atom stereocenters. The molecule has 1 unspecified atom stereocenters. The second-order valence-corrected chi connectivity index (χ2v) is 9.45. The summed E-state index contributed by atoms with van der Waals surface area (Å²) in [5, 5.41) is 5.82. The van der Waals surface area contributed by atoms with Crippen LogP contribution >= 0.6 is 0 Å². The molecule has 1 heterocycles. The molecule has 34 heavy (non-hydrogen) atoms. The van der Waals surface area contributed by atoms with Gasteiger partial charge < -0.3 is 15.4 Å². The number of anilines is 1. The molecule has 0 radical (unpaired) electrons. The molecule has 1 aliphatic heterocycles. The van der Waals surface area contributed by atoms with E-state index in [1.807, 2.05) is 19.1 Å². The number of sulfonamides is 1. The molecule has 0 bridgehead atoms. The van der Waals surface area contributed by atoms with Crippen molar-refractivity contribution in [2.45, 2.75) is 45.1 Å². The fourth-order valence-electron chi connectivity index (χ4n) is 3.22. The third-order valence-corrected chi connectivity index (χ3v) is 6.78. The number of amides is 1. The Kier molecular flexibility index (Phi) is 7.85. The standard InChI is InChI=1S/C24H28N4O5S/c1-5-15(3)28-34(31,32)18-13-11-17(12-14-18)23(29)27-22-21(24(30)33-6-2)16(4)25-19-9-7-8-10-20(19)26-22/h7-15,25,28H,5-6H2,1-4H3,(H,26,27,29). The fourth-order valence-corrected chi connectivity index (χ4v) is 4.55. The zero-order chi connectivity index (χ0) is 24.9. The molecule has 0 aromatic heterocycles. The van der Waals surface area contributed by atoms with Crippen LogP contribution < -0.4 is 15.4 Å². The maximum atomic E-state index is 13.0. The largest absolute Gasteiger partial charge is 0.462 e. The average Bonchev–Trinajstić information content (AvgIpc) is 2.94. The number of allylic oxidation sites excluding steroid dienone is 1. The molecule has 10 heteroatoms. The molecule has 3 rings (SSSR count). The van der Waals surface area contributed by atoms with Crippen molar-refractivity contribution in [2.24, 2.45) is 4.99 Å². The first-order valence-corrected chi connectivity index (χ1v) is 12.4. The van der Waals surface area contributed by atoms with Crippen LogP contribution in [-0.2, 0) is 19.6 Å². The number of carbonyl (C=O) groups excluding carboxylic acids is 2. The number of amidine groups is 1. The van der Waals surface area contributed by atoms with Gasteiger partial charge in [-0.15, -0.1) is 0 Å². The second-order valence-electron chi connectivity index (χ2n) is 7.73. The van der Waals surface area contributed by atoms with Crippen LogP contribution in [0.3, 0.4) is 0 Å². The van der Waals surface area contributed by atoms with Gasteiger partial charge in [0.1, 0.15) is 11.4 Å². The SMILES string of the molecule is CCOC(=O)C1=C(C)Nc2ccccc2N=C1NC(=O)c1ccc(S(=O)(=O)NC(C)CC)cc1. The van der Waals surface area contributed by atoms with Crippen LogP contribution in [0.2, 0.25) is 0 Å². The summed E-state index contributed by atoms with van der Waals surface area (Å²) < 4.78 is 32.7. The van der Waals surface area contributed by atoms with Crippen molar-refractivity contribution in [3.63, 3.8) is 0 Å². The minimum Gasteiger partial charge on any atom is -0.462 e. The Labute approximate surface area is 199 Å². The van der Waals surface area contributed by atoms with Gasteiger partial charge in [0.25, 0.3) is 5.91 Å². The predicted octanol–water partition coefficient (Wildman–Crippen LogP) is 3.49. The average molecular weight is 485 g/mol. The van der Waals surface area contributed by atoms with Gasteiger partial charge in [0.15, 0.2) is 0 Å². The van der Waals surface area contributed by atoms with Crippen molar-refractivity contribution in [2.75, 3.05) is 11.9 Å². The molecule has 3 N–H and O–H groups in total. The van der Waals surface area contributed by atoms with Crippen LogP contribution in [0.15, 0.2) is 69.7 Å². The van der Waals surface area contributed by atoms with Gasteiger partial charge in [0, 0.05) is 17.3 Å². The lowest BCUT2D eigenvalue weighted by Crippen LogP contribution is -2.35. The van der Waals surface area contributed by atoms with Gasteiger partial charge in [-0.3, -0.25) is 4.79 Å². The number of benzene rings is 2. The van der Waals surface area contributed by atoms with E-state index in [-0.39, 0.29) is 34.5 Å². The van der Waals surface area contributed by atoms with Gasteiger partial charge in [-0.05, 0) is 63.6 Å². The third-order valence-electron chi connectivity index (χ3n) is 5.18. The molecule has 0 spiro atoms. The molecule has 180 valence electrons. The van der Waals surface area contributed by atoms with Gasteiger partial charge in [-0.25, -0.2) is 22.9 Å². The van der Waals surface area contributed by atoms with Gasteiger partial charge >= 0.3 is 5.97 Å². The van der Waals surface area contributed by atoms with Crippen molar-refractivity contribution in [1.29, 1.82) is 0 Å². The third kappa shape index (κ3) is 5.70. The van der Waals surface area contributed by atoms with Crippen LogP contribution in [0.5, 0.6) is 0 Å². The van der Waals surface area contributed by atoms with Gasteiger partial charge in [-0.1, -0.05) is 19.1 Å². The predicted molar refractivity (Wildman–Crippen MR) is 130 cm³/mol. The Morgan fingerprint density at radius 2 is 1.76 bits per heavy atom. The Morgan fingerprint density at radius 3 is 2.41 bits per heavy atom. The van der Waals surface area contributed by atoms with Crippen LogP contribution in [0.1, 0.15) is 44.5 Å². The van der Waals surface area contributed by atoms with E-state index >= 15 is 0 Å². The van der Waals surface area contributed by atoms with E-state index in [1.165, 1.54) is 24.3 Å². The normalized spacial score (nSPS) is 14.3. The highest BCUT2D eigenvalue weighted by molar-refractivity contribution is 7.89. The van der Waals surface area contributed by atoms with Crippen LogP contribution in [0.4, 0.5) is 11.4 Å². The number of ether oxygens (including phenoxy) is 1. The lowest BCUT2D eigenvalue weighted by atomic mass is 10.1. The Morgan fingerprint density at radius 1 is 1.09 bits per heavy atom. The molecule has 2 aromatic carbocycles. The van der Waals surface area contributed by atoms with Crippen molar-refractivity contribution in [3.8, 4) is 0 Å².